The van der Waals surface area contributed by atoms with E-state index in [4.69, 9.17) is 4.74 Å². The number of benzene rings is 1. The van der Waals surface area contributed by atoms with Crippen molar-refractivity contribution in [3.8, 4) is 5.75 Å². The quantitative estimate of drug-likeness (QED) is 0.773. The maximum absolute atomic E-state index is 5.21. The SMILES string of the molecule is CCC1Cc2ccc(OC)cc2CN1. The van der Waals surface area contributed by atoms with Gasteiger partial charge in [0.15, 0.2) is 0 Å². The normalized spacial score (nSPS) is 20.3. The molecule has 0 radical (unpaired) electrons. The second-order valence-corrected chi connectivity index (χ2v) is 3.82. The first-order valence-electron chi connectivity index (χ1n) is 5.22. The molecule has 2 heteroatoms. The van der Waals surface area contributed by atoms with Gasteiger partial charge in [-0.05, 0) is 36.1 Å². The van der Waals surface area contributed by atoms with Crippen LogP contribution in [-0.2, 0) is 13.0 Å². The summed E-state index contributed by atoms with van der Waals surface area (Å²) >= 11 is 0. The third kappa shape index (κ3) is 1.75. The van der Waals surface area contributed by atoms with E-state index in [1.807, 2.05) is 0 Å². The third-order valence-corrected chi connectivity index (χ3v) is 2.95. The van der Waals surface area contributed by atoms with Crippen LogP contribution in [0, 0.1) is 0 Å². The van der Waals surface area contributed by atoms with Gasteiger partial charge in [-0.25, -0.2) is 0 Å². The highest BCUT2D eigenvalue weighted by Gasteiger charge is 2.16. The van der Waals surface area contributed by atoms with E-state index in [-0.39, 0.29) is 0 Å². The molecule has 14 heavy (non-hydrogen) atoms. The van der Waals surface area contributed by atoms with Gasteiger partial charge < -0.3 is 10.1 Å². The lowest BCUT2D eigenvalue weighted by molar-refractivity contribution is 0.411. The first-order chi connectivity index (χ1) is 6.83. The summed E-state index contributed by atoms with van der Waals surface area (Å²) in [6.45, 7) is 3.21. The van der Waals surface area contributed by atoms with Crippen molar-refractivity contribution in [2.24, 2.45) is 0 Å². The lowest BCUT2D eigenvalue weighted by Crippen LogP contribution is -2.34. The van der Waals surface area contributed by atoms with Crippen LogP contribution in [0.25, 0.3) is 0 Å². The van der Waals surface area contributed by atoms with Gasteiger partial charge in [0.1, 0.15) is 5.75 Å². The molecule has 0 saturated carbocycles. The molecule has 1 aliphatic heterocycles. The molecule has 0 fully saturated rings. The molecule has 0 aromatic heterocycles. The molecule has 0 saturated heterocycles. The summed E-state index contributed by atoms with van der Waals surface area (Å²) < 4.78 is 5.21. The Morgan fingerprint density at radius 1 is 1.43 bits per heavy atom. The summed E-state index contributed by atoms with van der Waals surface area (Å²) in [5.74, 6) is 0.959. The molecular weight excluding hydrogens is 174 g/mol. The second kappa shape index (κ2) is 4.01. The fourth-order valence-corrected chi connectivity index (χ4v) is 1.97. The van der Waals surface area contributed by atoms with Crippen molar-refractivity contribution in [3.63, 3.8) is 0 Å². The molecule has 1 aliphatic rings. The average molecular weight is 191 g/mol. The number of hydrogen-bond donors (Lipinski definition) is 1. The first-order valence-corrected chi connectivity index (χ1v) is 5.22. The number of methoxy groups -OCH3 is 1. The van der Waals surface area contributed by atoms with Crippen LogP contribution in [0.2, 0.25) is 0 Å². The molecule has 0 amide bonds. The smallest absolute Gasteiger partial charge is 0.119 e. The second-order valence-electron chi connectivity index (χ2n) is 3.82. The number of hydrogen-bond acceptors (Lipinski definition) is 2. The fourth-order valence-electron chi connectivity index (χ4n) is 1.97. The minimum absolute atomic E-state index is 0.649. The molecule has 1 aromatic rings. The Morgan fingerprint density at radius 3 is 3.00 bits per heavy atom. The van der Waals surface area contributed by atoms with Crippen molar-refractivity contribution in [2.75, 3.05) is 7.11 Å². The van der Waals surface area contributed by atoms with E-state index < -0.39 is 0 Å². The van der Waals surface area contributed by atoms with Crippen molar-refractivity contribution in [3.05, 3.63) is 29.3 Å². The molecular formula is C12H17NO. The number of nitrogens with one attached hydrogen (secondary N) is 1. The number of fused-ring (bicyclic) bond motifs is 1. The molecule has 76 valence electrons. The van der Waals surface area contributed by atoms with Crippen molar-refractivity contribution in [2.45, 2.75) is 32.4 Å². The minimum Gasteiger partial charge on any atom is -0.497 e. The largest absolute Gasteiger partial charge is 0.497 e. The van der Waals surface area contributed by atoms with Crippen LogP contribution in [0.15, 0.2) is 18.2 Å². The fraction of sp³-hybridized carbons (Fsp3) is 0.500. The zero-order valence-electron chi connectivity index (χ0n) is 8.84. The van der Waals surface area contributed by atoms with Crippen LogP contribution in [0.3, 0.4) is 0 Å². The highest BCUT2D eigenvalue weighted by molar-refractivity contribution is 5.37. The zero-order chi connectivity index (χ0) is 9.97. The summed E-state index contributed by atoms with van der Waals surface area (Å²) in [6, 6.07) is 7.03. The van der Waals surface area contributed by atoms with E-state index in [0.29, 0.717) is 6.04 Å². The van der Waals surface area contributed by atoms with Crippen molar-refractivity contribution >= 4 is 0 Å². The van der Waals surface area contributed by atoms with Gasteiger partial charge in [0.25, 0.3) is 0 Å². The molecule has 1 N–H and O–H groups in total. The predicted octanol–water partition coefficient (Wildman–Crippen LogP) is 2.12. The van der Waals surface area contributed by atoms with E-state index in [9.17, 15) is 0 Å². The predicted molar refractivity (Wildman–Crippen MR) is 57.6 cm³/mol. The van der Waals surface area contributed by atoms with Crippen molar-refractivity contribution in [1.29, 1.82) is 0 Å². The standard InChI is InChI=1S/C12H17NO/c1-3-11-6-9-4-5-12(14-2)7-10(9)8-13-11/h4-5,7,11,13H,3,6,8H2,1-2H3. The minimum atomic E-state index is 0.649. The highest BCUT2D eigenvalue weighted by atomic mass is 16.5. The average Bonchev–Trinajstić information content (AvgIpc) is 2.27. The molecule has 2 rings (SSSR count). The van der Waals surface area contributed by atoms with E-state index in [0.717, 1.165) is 18.7 Å². The molecule has 1 atom stereocenters. The molecule has 1 heterocycles. The lowest BCUT2D eigenvalue weighted by Gasteiger charge is -2.25. The summed E-state index contributed by atoms with van der Waals surface area (Å²) in [5.41, 5.74) is 2.85. The third-order valence-electron chi connectivity index (χ3n) is 2.95. The van der Waals surface area contributed by atoms with Gasteiger partial charge in [-0.2, -0.15) is 0 Å². The Balaban J connectivity index is 2.23. The summed E-state index contributed by atoms with van der Waals surface area (Å²) in [7, 11) is 1.72. The summed E-state index contributed by atoms with van der Waals surface area (Å²) in [6.07, 6.45) is 2.35. The van der Waals surface area contributed by atoms with Crippen molar-refractivity contribution in [1.82, 2.24) is 5.32 Å². The van der Waals surface area contributed by atoms with Crippen LogP contribution in [0.1, 0.15) is 24.5 Å². The molecule has 0 aliphatic carbocycles. The maximum Gasteiger partial charge on any atom is 0.119 e. The van der Waals surface area contributed by atoms with Crippen LogP contribution < -0.4 is 10.1 Å². The van der Waals surface area contributed by atoms with Gasteiger partial charge in [-0.3, -0.25) is 0 Å². The molecule has 1 unspecified atom stereocenters. The molecule has 0 bridgehead atoms. The van der Waals surface area contributed by atoms with Gasteiger partial charge >= 0.3 is 0 Å². The van der Waals surface area contributed by atoms with E-state index >= 15 is 0 Å². The van der Waals surface area contributed by atoms with Gasteiger partial charge in [-0.15, -0.1) is 0 Å². The van der Waals surface area contributed by atoms with Gasteiger partial charge in [0.2, 0.25) is 0 Å². The maximum atomic E-state index is 5.21. The van der Waals surface area contributed by atoms with E-state index in [1.54, 1.807) is 7.11 Å². The van der Waals surface area contributed by atoms with Crippen LogP contribution in [-0.4, -0.2) is 13.2 Å². The van der Waals surface area contributed by atoms with Gasteiger partial charge in [-0.1, -0.05) is 13.0 Å². The molecule has 0 spiro atoms. The summed E-state index contributed by atoms with van der Waals surface area (Å²) in [4.78, 5) is 0. The van der Waals surface area contributed by atoms with Crippen molar-refractivity contribution < 1.29 is 4.74 Å². The Morgan fingerprint density at radius 2 is 2.29 bits per heavy atom. The number of ether oxygens (including phenoxy) is 1. The molecule has 1 aromatic carbocycles. The van der Waals surface area contributed by atoms with E-state index in [1.165, 1.54) is 17.5 Å². The van der Waals surface area contributed by atoms with Crippen LogP contribution in [0.5, 0.6) is 5.75 Å². The van der Waals surface area contributed by atoms with Crippen LogP contribution in [0.4, 0.5) is 0 Å². The highest BCUT2D eigenvalue weighted by Crippen LogP contribution is 2.22. The Bertz CT molecular complexity index is 322. The van der Waals surface area contributed by atoms with Crippen LogP contribution >= 0.6 is 0 Å². The molecule has 2 nitrogen and oxygen atoms in total. The zero-order valence-corrected chi connectivity index (χ0v) is 8.84. The summed E-state index contributed by atoms with van der Waals surface area (Å²) in [5, 5.41) is 3.52. The topological polar surface area (TPSA) is 21.3 Å². The first kappa shape index (κ1) is 9.53. The number of rotatable bonds is 2. The Labute approximate surface area is 85.3 Å². The van der Waals surface area contributed by atoms with Gasteiger partial charge in [0.05, 0.1) is 7.11 Å². The van der Waals surface area contributed by atoms with Gasteiger partial charge in [0, 0.05) is 12.6 Å². The van der Waals surface area contributed by atoms with E-state index in [2.05, 4.69) is 30.4 Å². The monoisotopic (exact) mass is 191 g/mol. The Kier molecular flexibility index (Phi) is 2.73. The lowest BCUT2D eigenvalue weighted by atomic mass is 9.94. The Hall–Kier alpha value is -1.02.